The molecule has 1 saturated carbocycles. The molecule has 0 unspecified atom stereocenters. The summed E-state index contributed by atoms with van der Waals surface area (Å²) in [5, 5.41) is 0. The summed E-state index contributed by atoms with van der Waals surface area (Å²) in [6.45, 7) is 9.77. The molecule has 2 aliphatic rings. The van der Waals surface area contributed by atoms with E-state index < -0.39 is 0 Å². The Hall–Kier alpha value is -1.77. The third-order valence-electron chi connectivity index (χ3n) is 5.11. The molecule has 3 nitrogen and oxygen atoms in total. The molecular weight excluding hydrogens is 288 g/mol. The Balaban J connectivity index is 1.66. The molecule has 0 aromatic heterocycles. The fourth-order valence-corrected chi connectivity index (χ4v) is 3.74. The highest BCUT2D eigenvalue weighted by Gasteiger charge is 2.55. The molecule has 0 amide bonds. The predicted molar refractivity (Wildman–Crippen MR) is 90.4 cm³/mol. The van der Waals surface area contributed by atoms with Gasteiger partial charge in [0.2, 0.25) is 0 Å². The number of ether oxygens (including phenoxy) is 2. The predicted octanol–water partition coefficient (Wildman–Crippen LogP) is 4.16. The van der Waals surface area contributed by atoms with Crippen LogP contribution < -0.4 is 4.74 Å². The van der Waals surface area contributed by atoms with Crippen LogP contribution in [0.25, 0.3) is 0 Å². The summed E-state index contributed by atoms with van der Waals surface area (Å²) in [7, 11) is 0. The topological polar surface area (TPSA) is 35.5 Å². The van der Waals surface area contributed by atoms with Crippen molar-refractivity contribution in [2.45, 2.75) is 39.5 Å². The van der Waals surface area contributed by atoms with Crippen molar-refractivity contribution in [3.8, 4) is 5.75 Å². The van der Waals surface area contributed by atoms with Crippen LogP contribution in [0.1, 0.15) is 38.7 Å². The van der Waals surface area contributed by atoms with E-state index in [-0.39, 0.29) is 11.4 Å². The molecule has 2 atom stereocenters. The first kappa shape index (κ1) is 16.1. The minimum absolute atomic E-state index is 0.0431. The second kappa shape index (κ2) is 6.38. The average molecular weight is 314 g/mol. The van der Waals surface area contributed by atoms with Gasteiger partial charge < -0.3 is 9.47 Å². The summed E-state index contributed by atoms with van der Waals surface area (Å²) in [6, 6.07) is 8.16. The molecule has 3 rings (SSSR count). The summed E-state index contributed by atoms with van der Waals surface area (Å²) in [5.74, 6) is 1.80. The number of esters is 1. The Kier molecular flexibility index (Phi) is 4.47. The lowest BCUT2D eigenvalue weighted by molar-refractivity contribution is -0.146. The molecule has 1 aliphatic carbocycles. The molecule has 124 valence electrons. The van der Waals surface area contributed by atoms with Gasteiger partial charge in [-0.3, -0.25) is 4.79 Å². The first-order chi connectivity index (χ1) is 11.0. The van der Waals surface area contributed by atoms with Crippen molar-refractivity contribution in [3.63, 3.8) is 0 Å². The van der Waals surface area contributed by atoms with Crippen LogP contribution in [-0.4, -0.2) is 19.2 Å². The number of hydrogen-bond acceptors (Lipinski definition) is 3. The maximum Gasteiger partial charge on any atom is 0.313 e. The lowest BCUT2D eigenvalue weighted by Crippen LogP contribution is -2.31. The van der Waals surface area contributed by atoms with E-state index in [2.05, 4.69) is 32.6 Å². The largest absolute Gasteiger partial charge is 0.494 e. The van der Waals surface area contributed by atoms with E-state index in [1.165, 1.54) is 11.1 Å². The molecule has 0 radical (unpaired) electrons. The Morgan fingerprint density at radius 3 is 2.78 bits per heavy atom. The van der Waals surface area contributed by atoms with Crippen LogP contribution in [0.2, 0.25) is 0 Å². The van der Waals surface area contributed by atoms with Crippen molar-refractivity contribution >= 4 is 5.97 Å². The van der Waals surface area contributed by atoms with Crippen LogP contribution in [-0.2, 0) is 16.0 Å². The number of carbonyl (C=O) groups is 1. The van der Waals surface area contributed by atoms with Crippen molar-refractivity contribution in [2.24, 2.45) is 17.3 Å². The molecule has 0 bridgehead atoms. The van der Waals surface area contributed by atoms with Gasteiger partial charge in [0.15, 0.2) is 0 Å². The van der Waals surface area contributed by atoms with Gasteiger partial charge in [-0.1, -0.05) is 38.1 Å². The summed E-state index contributed by atoms with van der Waals surface area (Å²) in [5.41, 5.74) is 1.97. The van der Waals surface area contributed by atoms with Gasteiger partial charge in [0.25, 0.3) is 0 Å². The van der Waals surface area contributed by atoms with Crippen molar-refractivity contribution in [3.05, 3.63) is 42.0 Å². The van der Waals surface area contributed by atoms with Gasteiger partial charge in [-0.15, -0.1) is 0 Å². The third kappa shape index (κ3) is 3.29. The average Bonchev–Trinajstić information content (AvgIpc) is 2.96. The summed E-state index contributed by atoms with van der Waals surface area (Å²) in [6.07, 6.45) is 3.48. The van der Waals surface area contributed by atoms with E-state index in [9.17, 15) is 4.79 Å². The van der Waals surface area contributed by atoms with E-state index in [1.54, 1.807) is 0 Å². The molecule has 1 aromatic rings. The highest BCUT2D eigenvalue weighted by Crippen LogP contribution is 2.52. The molecular formula is C20H26O3. The Bertz CT molecular complexity index is 587. The number of carbonyl (C=O) groups excluding carboxylic acids is 1. The van der Waals surface area contributed by atoms with Gasteiger partial charge in [-0.2, -0.15) is 0 Å². The number of cyclic esters (lactones) is 1. The van der Waals surface area contributed by atoms with Crippen LogP contribution in [0, 0.1) is 17.3 Å². The normalized spacial score (nSPS) is 26.5. The monoisotopic (exact) mass is 314 g/mol. The van der Waals surface area contributed by atoms with Crippen LogP contribution in [0.5, 0.6) is 5.75 Å². The standard InChI is InChI=1S/C20H26O3/c1-14(2)8-9-22-18-6-4-16(5-7-18)12-20-11-15(3)10-17(20)13-23-19(20)21/h4-7,14,17H,3,8-13H2,1-2H3/t17-,20+/m1/s1. The lowest BCUT2D eigenvalue weighted by atomic mass is 9.75. The van der Waals surface area contributed by atoms with Crippen molar-refractivity contribution in [1.29, 1.82) is 0 Å². The van der Waals surface area contributed by atoms with Crippen LogP contribution in [0.15, 0.2) is 36.4 Å². The summed E-state index contributed by atoms with van der Waals surface area (Å²) >= 11 is 0. The number of hydrogen-bond donors (Lipinski definition) is 0. The second-order valence-electron chi connectivity index (χ2n) is 7.43. The van der Waals surface area contributed by atoms with E-state index in [0.717, 1.165) is 38.0 Å². The van der Waals surface area contributed by atoms with Gasteiger partial charge in [0.1, 0.15) is 5.75 Å². The molecule has 1 aromatic carbocycles. The lowest BCUT2D eigenvalue weighted by Gasteiger charge is -2.24. The molecule has 1 saturated heterocycles. The minimum Gasteiger partial charge on any atom is -0.494 e. The fraction of sp³-hybridized carbons (Fsp3) is 0.550. The molecule has 23 heavy (non-hydrogen) atoms. The second-order valence-corrected chi connectivity index (χ2v) is 7.43. The molecule has 2 fully saturated rings. The van der Waals surface area contributed by atoms with Gasteiger partial charge in [-0.25, -0.2) is 0 Å². The van der Waals surface area contributed by atoms with E-state index in [4.69, 9.17) is 9.47 Å². The van der Waals surface area contributed by atoms with E-state index in [0.29, 0.717) is 18.4 Å². The number of fused-ring (bicyclic) bond motifs is 1. The van der Waals surface area contributed by atoms with Crippen molar-refractivity contribution in [2.75, 3.05) is 13.2 Å². The fourth-order valence-electron chi connectivity index (χ4n) is 3.74. The number of benzene rings is 1. The summed E-state index contributed by atoms with van der Waals surface area (Å²) in [4.78, 5) is 12.3. The first-order valence-corrected chi connectivity index (χ1v) is 8.55. The van der Waals surface area contributed by atoms with Crippen molar-refractivity contribution in [1.82, 2.24) is 0 Å². The van der Waals surface area contributed by atoms with Crippen molar-refractivity contribution < 1.29 is 14.3 Å². The zero-order chi connectivity index (χ0) is 16.4. The molecule has 0 N–H and O–H groups in total. The summed E-state index contributed by atoms with van der Waals surface area (Å²) < 4.78 is 11.1. The quantitative estimate of drug-likeness (QED) is 0.584. The highest BCUT2D eigenvalue weighted by molar-refractivity contribution is 5.81. The SMILES string of the molecule is C=C1C[C@@H]2COC(=O)[C@]2(Cc2ccc(OCCC(C)C)cc2)C1. The molecule has 0 spiro atoms. The zero-order valence-corrected chi connectivity index (χ0v) is 14.1. The Morgan fingerprint density at radius 2 is 2.09 bits per heavy atom. The maximum absolute atomic E-state index is 12.3. The van der Waals surface area contributed by atoms with Gasteiger partial charge in [0.05, 0.1) is 18.6 Å². The smallest absolute Gasteiger partial charge is 0.313 e. The van der Waals surface area contributed by atoms with E-state index >= 15 is 0 Å². The van der Waals surface area contributed by atoms with Gasteiger partial charge >= 0.3 is 5.97 Å². The number of allylic oxidation sites excluding steroid dienone is 1. The van der Waals surface area contributed by atoms with Crippen LogP contribution >= 0.6 is 0 Å². The first-order valence-electron chi connectivity index (χ1n) is 8.55. The number of rotatable bonds is 6. The van der Waals surface area contributed by atoms with E-state index in [1.807, 2.05) is 12.1 Å². The minimum atomic E-state index is -0.378. The third-order valence-corrected chi connectivity index (χ3v) is 5.11. The highest BCUT2D eigenvalue weighted by atomic mass is 16.5. The Morgan fingerprint density at radius 1 is 1.35 bits per heavy atom. The van der Waals surface area contributed by atoms with Gasteiger partial charge in [0, 0.05) is 5.92 Å². The van der Waals surface area contributed by atoms with Crippen LogP contribution in [0.3, 0.4) is 0 Å². The maximum atomic E-state index is 12.3. The molecule has 1 heterocycles. The van der Waals surface area contributed by atoms with Crippen LogP contribution in [0.4, 0.5) is 0 Å². The Labute approximate surface area is 138 Å². The zero-order valence-electron chi connectivity index (χ0n) is 14.1. The van der Waals surface area contributed by atoms with Gasteiger partial charge in [-0.05, 0) is 49.3 Å². The molecule has 1 aliphatic heterocycles. The molecule has 3 heteroatoms.